The highest BCUT2D eigenvalue weighted by atomic mass is 16.2. The Kier molecular flexibility index (Phi) is 8.00. The van der Waals surface area contributed by atoms with E-state index in [2.05, 4.69) is 39.9 Å². The van der Waals surface area contributed by atoms with Crippen molar-refractivity contribution in [3.63, 3.8) is 0 Å². The summed E-state index contributed by atoms with van der Waals surface area (Å²) in [4.78, 5) is 19.4. The second-order valence-electron chi connectivity index (χ2n) is 7.80. The number of anilines is 1. The normalized spacial score (nSPS) is 20.4. The Bertz CT molecular complexity index is 627. The molecule has 3 rings (SSSR count). The van der Waals surface area contributed by atoms with Gasteiger partial charge in [-0.15, -0.1) is 0 Å². The smallest absolute Gasteiger partial charge is 0.225 e. The lowest BCUT2D eigenvalue weighted by Crippen LogP contribution is -2.45. The second-order valence-corrected chi connectivity index (χ2v) is 7.80. The highest BCUT2D eigenvalue weighted by molar-refractivity contribution is 5.81. The van der Waals surface area contributed by atoms with E-state index in [1.54, 1.807) is 0 Å². The molecule has 0 radical (unpaired) electrons. The Morgan fingerprint density at radius 1 is 1.18 bits per heavy atom. The Morgan fingerprint density at radius 2 is 1.96 bits per heavy atom. The van der Waals surface area contributed by atoms with Crippen LogP contribution in [0.25, 0.3) is 0 Å². The van der Waals surface area contributed by atoms with Crippen molar-refractivity contribution in [2.24, 2.45) is 10.9 Å². The number of guanidine groups is 1. The topological polar surface area (TPSA) is 68.8 Å². The van der Waals surface area contributed by atoms with E-state index in [4.69, 9.17) is 4.99 Å². The van der Waals surface area contributed by atoms with Gasteiger partial charge in [-0.05, 0) is 44.7 Å². The predicted molar refractivity (Wildman–Crippen MR) is 116 cm³/mol. The summed E-state index contributed by atoms with van der Waals surface area (Å²) in [6, 6.07) is 10.5. The van der Waals surface area contributed by atoms with E-state index < -0.39 is 0 Å². The number of amides is 1. The molecule has 28 heavy (non-hydrogen) atoms. The molecule has 1 saturated heterocycles. The van der Waals surface area contributed by atoms with Gasteiger partial charge in [-0.2, -0.15) is 0 Å². The third-order valence-electron chi connectivity index (χ3n) is 5.60. The number of hydrogen-bond donors (Lipinski definition) is 3. The van der Waals surface area contributed by atoms with Crippen molar-refractivity contribution in [3.8, 4) is 0 Å². The van der Waals surface area contributed by atoms with Crippen LogP contribution in [-0.4, -0.2) is 55.5 Å². The first-order valence-corrected chi connectivity index (χ1v) is 10.9. The molecule has 2 aliphatic rings. The quantitative estimate of drug-likeness (QED) is 0.366. The van der Waals surface area contributed by atoms with Gasteiger partial charge >= 0.3 is 0 Å². The van der Waals surface area contributed by atoms with Gasteiger partial charge in [0.05, 0.1) is 0 Å². The first kappa shape index (κ1) is 20.5. The molecule has 0 bridgehead atoms. The van der Waals surface area contributed by atoms with E-state index in [0.29, 0.717) is 11.9 Å². The van der Waals surface area contributed by atoms with Crippen LogP contribution in [-0.2, 0) is 4.79 Å². The molecule has 3 N–H and O–H groups in total. The van der Waals surface area contributed by atoms with E-state index in [0.717, 1.165) is 70.1 Å². The van der Waals surface area contributed by atoms with E-state index in [1.807, 2.05) is 18.2 Å². The van der Waals surface area contributed by atoms with Crippen molar-refractivity contribution in [2.75, 3.05) is 38.0 Å². The third kappa shape index (κ3) is 6.14. The number of carbonyl (C=O) groups is 1. The highest BCUT2D eigenvalue weighted by Crippen LogP contribution is 2.27. The van der Waals surface area contributed by atoms with Gasteiger partial charge in [-0.25, -0.2) is 0 Å². The molecule has 6 heteroatoms. The van der Waals surface area contributed by atoms with E-state index in [-0.39, 0.29) is 5.92 Å². The summed E-state index contributed by atoms with van der Waals surface area (Å²) < 4.78 is 0. The van der Waals surface area contributed by atoms with E-state index in [9.17, 15) is 4.79 Å². The van der Waals surface area contributed by atoms with Gasteiger partial charge in [0.2, 0.25) is 5.91 Å². The second kappa shape index (κ2) is 10.9. The number of aliphatic imine (C=N–C) groups is 1. The van der Waals surface area contributed by atoms with Crippen LogP contribution in [0.2, 0.25) is 0 Å². The fourth-order valence-electron chi connectivity index (χ4n) is 4.08. The molecule has 1 aliphatic heterocycles. The fraction of sp³-hybridized carbons (Fsp3) is 0.636. The Balaban J connectivity index is 1.39. The molecule has 154 valence electrons. The number of rotatable bonds is 8. The van der Waals surface area contributed by atoms with Gasteiger partial charge < -0.3 is 20.9 Å². The Hall–Kier alpha value is -2.24. The lowest BCUT2D eigenvalue weighted by atomic mass is 10.1. The molecule has 1 amide bonds. The zero-order chi connectivity index (χ0) is 19.6. The molecule has 6 nitrogen and oxygen atoms in total. The molecular weight excluding hydrogens is 350 g/mol. The molecule has 1 saturated carbocycles. The van der Waals surface area contributed by atoms with Gasteiger partial charge in [-0.3, -0.25) is 9.79 Å². The molecule has 1 heterocycles. The van der Waals surface area contributed by atoms with Crippen molar-refractivity contribution in [3.05, 3.63) is 30.3 Å². The van der Waals surface area contributed by atoms with Gasteiger partial charge in [0, 0.05) is 50.4 Å². The summed E-state index contributed by atoms with van der Waals surface area (Å²) in [5.74, 6) is 1.51. The molecule has 0 aromatic heterocycles. The minimum atomic E-state index is 0.276. The molecule has 1 aliphatic carbocycles. The van der Waals surface area contributed by atoms with Crippen LogP contribution >= 0.6 is 0 Å². The van der Waals surface area contributed by atoms with Gasteiger partial charge in [0.15, 0.2) is 5.96 Å². The Labute approximate surface area is 169 Å². The number of benzene rings is 1. The molecule has 1 aromatic carbocycles. The minimum absolute atomic E-state index is 0.276. The number of carbonyl (C=O) groups excluding carboxylic acids is 1. The van der Waals surface area contributed by atoms with E-state index >= 15 is 0 Å². The standard InChI is InChI=1S/C22H35N5O/c1-2-23-22(25-15-8-14-24-19-11-4-3-5-12-19)26-20-13-16-27(17-20)21(28)18-9-6-7-10-18/h3-5,11-12,18,20,24H,2,6-10,13-17H2,1H3,(H2,23,25,26). The SMILES string of the molecule is CCNC(=NCCCNc1ccccc1)NC1CCN(C(=O)C2CCCC2)C1. The number of hydrogen-bond acceptors (Lipinski definition) is 3. The number of nitrogens with one attached hydrogen (secondary N) is 3. The molecule has 2 fully saturated rings. The number of likely N-dealkylation sites (tertiary alicyclic amines) is 1. The highest BCUT2D eigenvalue weighted by Gasteiger charge is 2.32. The van der Waals surface area contributed by atoms with Crippen LogP contribution < -0.4 is 16.0 Å². The monoisotopic (exact) mass is 385 g/mol. The van der Waals surface area contributed by atoms with Crippen molar-refractivity contribution in [2.45, 2.75) is 51.5 Å². The molecule has 0 spiro atoms. The van der Waals surface area contributed by atoms with Gasteiger partial charge in [0.25, 0.3) is 0 Å². The molecule has 1 atom stereocenters. The lowest BCUT2D eigenvalue weighted by Gasteiger charge is -2.21. The molecule has 1 aromatic rings. The summed E-state index contributed by atoms with van der Waals surface area (Å²) >= 11 is 0. The maximum atomic E-state index is 12.6. The average Bonchev–Trinajstić information content (AvgIpc) is 3.40. The van der Waals surface area contributed by atoms with Crippen LogP contribution in [0.4, 0.5) is 5.69 Å². The summed E-state index contributed by atoms with van der Waals surface area (Å²) in [5.41, 5.74) is 1.15. The Morgan fingerprint density at radius 3 is 2.71 bits per heavy atom. The lowest BCUT2D eigenvalue weighted by molar-refractivity contribution is -0.134. The number of nitrogens with zero attached hydrogens (tertiary/aromatic N) is 2. The van der Waals surface area contributed by atoms with Crippen molar-refractivity contribution >= 4 is 17.6 Å². The van der Waals surface area contributed by atoms with Crippen molar-refractivity contribution < 1.29 is 4.79 Å². The fourth-order valence-corrected chi connectivity index (χ4v) is 4.08. The number of para-hydroxylation sites is 1. The predicted octanol–water partition coefficient (Wildman–Crippen LogP) is 2.83. The maximum Gasteiger partial charge on any atom is 0.225 e. The summed E-state index contributed by atoms with van der Waals surface area (Å²) in [5, 5.41) is 10.3. The molecular formula is C22H35N5O. The first-order valence-electron chi connectivity index (χ1n) is 10.9. The summed E-state index contributed by atoms with van der Waals surface area (Å²) in [6.45, 7) is 6.26. The van der Waals surface area contributed by atoms with Crippen molar-refractivity contribution in [1.82, 2.24) is 15.5 Å². The zero-order valence-corrected chi connectivity index (χ0v) is 17.1. The average molecular weight is 386 g/mol. The van der Waals surface area contributed by atoms with Crippen LogP contribution in [0.15, 0.2) is 35.3 Å². The van der Waals surface area contributed by atoms with Gasteiger partial charge in [-0.1, -0.05) is 31.0 Å². The third-order valence-corrected chi connectivity index (χ3v) is 5.60. The van der Waals surface area contributed by atoms with Crippen molar-refractivity contribution in [1.29, 1.82) is 0 Å². The summed E-state index contributed by atoms with van der Waals surface area (Å²) in [6.07, 6.45) is 6.55. The van der Waals surface area contributed by atoms with E-state index in [1.165, 1.54) is 12.8 Å². The molecule has 1 unspecified atom stereocenters. The van der Waals surface area contributed by atoms with Gasteiger partial charge in [0.1, 0.15) is 0 Å². The maximum absolute atomic E-state index is 12.6. The largest absolute Gasteiger partial charge is 0.385 e. The zero-order valence-electron chi connectivity index (χ0n) is 17.1. The van der Waals surface area contributed by atoms with Crippen LogP contribution in [0.3, 0.4) is 0 Å². The summed E-state index contributed by atoms with van der Waals surface area (Å²) in [7, 11) is 0. The van der Waals surface area contributed by atoms with Crippen LogP contribution in [0.1, 0.15) is 45.4 Å². The van der Waals surface area contributed by atoms with Crippen LogP contribution in [0.5, 0.6) is 0 Å². The minimum Gasteiger partial charge on any atom is -0.385 e. The first-order chi connectivity index (χ1) is 13.8. The van der Waals surface area contributed by atoms with Crippen LogP contribution in [0, 0.1) is 5.92 Å².